The Morgan fingerprint density at radius 1 is 1.16 bits per heavy atom. The maximum absolute atomic E-state index is 14.0. The van der Waals surface area contributed by atoms with E-state index >= 15 is 0 Å². The number of hydrogen-bond acceptors (Lipinski definition) is 7. The Balaban J connectivity index is 1.83. The monoisotopic (exact) mass is 542 g/mol. The number of allylic oxidation sites excluding steroid dienone is 1. The summed E-state index contributed by atoms with van der Waals surface area (Å²) in [6, 6.07) is 12.1. The van der Waals surface area contributed by atoms with Crippen molar-refractivity contribution < 1.29 is 23.8 Å². The van der Waals surface area contributed by atoms with Gasteiger partial charge in [-0.3, -0.25) is 9.69 Å². The average molecular weight is 543 g/mol. The van der Waals surface area contributed by atoms with Gasteiger partial charge >= 0.3 is 5.97 Å². The van der Waals surface area contributed by atoms with Crippen molar-refractivity contribution in [2.45, 2.75) is 52.3 Å². The van der Waals surface area contributed by atoms with Crippen LogP contribution >= 0.6 is 23.4 Å². The lowest BCUT2D eigenvalue weighted by Gasteiger charge is -2.39. The Kier molecular flexibility index (Phi) is 8.39. The molecule has 2 aromatic carbocycles. The molecule has 9 heteroatoms. The highest BCUT2D eigenvalue weighted by molar-refractivity contribution is 8.05. The number of para-hydroxylation sites is 1. The molecule has 0 spiro atoms. The predicted molar refractivity (Wildman–Crippen MR) is 146 cm³/mol. The van der Waals surface area contributed by atoms with E-state index in [1.54, 1.807) is 36.1 Å². The minimum atomic E-state index is -0.697. The maximum atomic E-state index is 14.0. The van der Waals surface area contributed by atoms with E-state index in [0.29, 0.717) is 44.9 Å². The van der Waals surface area contributed by atoms with E-state index in [-0.39, 0.29) is 18.6 Å². The van der Waals surface area contributed by atoms with E-state index in [2.05, 4.69) is 5.32 Å². The number of halogens is 1. The summed E-state index contributed by atoms with van der Waals surface area (Å²) in [6.45, 7) is 10.1. The van der Waals surface area contributed by atoms with Crippen LogP contribution in [0.3, 0.4) is 0 Å². The van der Waals surface area contributed by atoms with E-state index in [9.17, 15) is 9.59 Å². The van der Waals surface area contributed by atoms with Crippen LogP contribution in [0, 0.1) is 0 Å². The summed E-state index contributed by atoms with van der Waals surface area (Å²) in [7, 11) is 0. The molecule has 37 heavy (non-hydrogen) atoms. The molecule has 2 aliphatic heterocycles. The van der Waals surface area contributed by atoms with Crippen molar-refractivity contribution in [3.63, 3.8) is 0 Å². The van der Waals surface area contributed by atoms with Gasteiger partial charge in [0.05, 0.1) is 35.8 Å². The molecule has 1 fully saturated rings. The Labute approximate surface area is 226 Å². The number of nitrogens with one attached hydrogen (secondary N) is 1. The third kappa shape index (κ3) is 5.60. The third-order valence-corrected chi connectivity index (χ3v) is 7.21. The van der Waals surface area contributed by atoms with Gasteiger partial charge in [-0.25, -0.2) is 4.79 Å². The summed E-state index contributed by atoms with van der Waals surface area (Å²) >= 11 is 7.63. The zero-order chi connectivity index (χ0) is 26.7. The molecule has 1 saturated heterocycles. The number of benzene rings is 2. The van der Waals surface area contributed by atoms with Crippen molar-refractivity contribution >= 4 is 41.3 Å². The highest BCUT2D eigenvalue weighted by atomic mass is 35.5. The fourth-order valence-corrected chi connectivity index (χ4v) is 5.81. The van der Waals surface area contributed by atoms with Crippen molar-refractivity contribution in [1.29, 1.82) is 0 Å². The van der Waals surface area contributed by atoms with Crippen LogP contribution in [-0.4, -0.2) is 41.6 Å². The first-order valence-corrected chi connectivity index (χ1v) is 13.5. The lowest BCUT2D eigenvalue weighted by Crippen LogP contribution is -2.50. The number of amides is 1. The quantitative estimate of drug-likeness (QED) is 0.328. The maximum Gasteiger partial charge on any atom is 0.338 e. The molecule has 2 heterocycles. The summed E-state index contributed by atoms with van der Waals surface area (Å²) in [5, 5.41) is 3.88. The van der Waals surface area contributed by atoms with Gasteiger partial charge in [0, 0.05) is 21.8 Å². The topological polar surface area (TPSA) is 77.1 Å². The van der Waals surface area contributed by atoms with Gasteiger partial charge in [-0.05, 0) is 65.0 Å². The highest BCUT2D eigenvalue weighted by Crippen LogP contribution is 2.48. The van der Waals surface area contributed by atoms with Crippen molar-refractivity contribution in [2.24, 2.45) is 0 Å². The van der Waals surface area contributed by atoms with Crippen LogP contribution in [0.25, 0.3) is 6.08 Å². The van der Waals surface area contributed by atoms with Gasteiger partial charge in [0.2, 0.25) is 0 Å². The summed E-state index contributed by atoms with van der Waals surface area (Å²) in [5.41, 5.74) is 2.04. The Morgan fingerprint density at radius 3 is 2.62 bits per heavy atom. The van der Waals surface area contributed by atoms with Crippen LogP contribution in [0.1, 0.15) is 51.8 Å². The molecule has 0 unspecified atom stereocenters. The molecular formula is C28H31ClN2O5S. The zero-order valence-electron chi connectivity index (χ0n) is 21.5. The number of fused-ring (bicyclic) bond motifs is 1. The van der Waals surface area contributed by atoms with Gasteiger partial charge in [0.25, 0.3) is 5.91 Å². The Hall–Kier alpha value is -3.10. The molecule has 0 radical (unpaired) electrons. The van der Waals surface area contributed by atoms with Crippen LogP contribution in [0.5, 0.6) is 11.5 Å². The van der Waals surface area contributed by atoms with Crippen molar-refractivity contribution in [3.05, 3.63) is 74.8 Å². The lowest BCUT2D eigenvalue weighted by molar-refractivity contribution is -0.140. The van der Waals surface area contributed by atoms with Gasteiger partial charge in [-0.2, -0.15) is 0 Å². The number of nitrogens with zero attached hydrogens (tertiary/aromatic N) is 1. The molecule has 196 valence electrons. The van der Waals surface area contributed by atoms with Crippen LogP contribution in [0.4, 0.5) is 0 Å². The second kappa shape index (κ2) is 11.5. The van der Waals surface area contributed by atoms with E-state index in [1.165, 1.54) is 11.8 Å². The van der Waals surface area contributed by atoms with E-state index in [1.807, 2.05) is 52.0 Å². The Morgan fingerprint density at radius 2 is 1.92 bits per heavy atom. The number of carbonyl (C=O) groups is 2. The first kappa shape index (κ1) is 26.9. The number of ether oxygens (including phenoxy) is 3. The highest BCUT2D eigenvalue weighted by Gasteiger charge is 2.48. The minimum absolute atomic E-state index is 0.0892. The molecule has 0 saturated carbocycles. The molecular weight excluding hydrogens is 512 g/mol. The van der Waals surface area contributed by atoms with Gasteiger partial charge in [0.1, 0.15) is 11.5 Å². The molecule has 0 aliphatic carbocycles. The molecule has 2 atom stereocenters. The first-order valence-electron chi connectivity index (χ1n) is 12.3. The number of esters is 1. The normalized spacial score (nSPS) is 20.2. The average Bonchev–Trinajstić information content (AvgIpc) is 3.14. The van der Waals surface area contributed by atoms with Crippen LogP contribution in [0.2, 0.25) is 5.02 Å². The fraction of sp³-hybridized carbons (Fsp3) is 0.357. The second-order valence-corrected chi connectivity index (χ2v) is 10.4. The molecule has 7 nitrogen and oxygen atoms in total. The number of thioether (sulfide) groups is 1. The van der Waals surface area contributed by atoms with Crippen LogP contribution in [0.15, 0.2) is 58.6 Å². The number of hydrogen-bond donors (Lipinski definition) is 1. The Bertz CT molecular complexity index is 1260. The lowest BCUT2D eigenvalue weighted by atomic mass is 9.93. The minimum Gasteiger partial charge on any atom is -0.493 e. The molecule has 1 amide bonds. The van der Waals surface area contributed by atoms with Crippen LogP contribution < -0.4 is 14.8 Å². The standard InChI is InChI=1S/C28H31ClN2O5S/c1-6-34-21-13-12-19(29)14-18(21)15-23-26(32)31-25(20-10-8-9-11-22(20)36-16(3)4)24(27(33)35-7-2)17(5)30-28(31)37-23/h8-16,25,28,30H,6-7H2,1-5H3/b23-15-/t25-,28-/m1/s1. The molecule has 0 bridgehead atoms. The number of carbonyl (C=O) groups excluding carboxylic acids is 2. The molecule has 1 N–H and O–H groups in total. The van der Waals surface area contributed by atoms with E-state index in [4.69, 9.17) is 25.8 Å². The second-order valence-electron chi connectivity index (χ2n) is 8.82. The van der Waals surface area contributed by atoms with Crippen molar-refractivity contribution in [3.8, 4) is 11.5 Å². The molecule has 0 aromatic heterocycles. The van der Waals surface area contributed by atoms with Gasteiger partial charge < -0.3 is 19.5 Å². The molecule has 2 aromatic rings. The largest absolute Gasteiger partial charge is 0.493 e. The van der Waals surface area contributed by atoms with E-state index in [0.717, 1.165) is 5.56 Å². The van der Waals surface area contributed by atoms with Crippen LogP contribution in [-0.2, 0) is 14.3 Å². The van der Waals surface area contributed by atoms with Crippen molar-refractivity contribution in [2.75, 3.05) is 13.2 Å². The predicted octanol–water partition coefficient (Wildman–Crippen LogP) is 5.91. The third-order valence-electron chi connectivity index (χ3n) is 5.86. The SMILES string of the molecule is CCOC(=O)C1=C(C)N[C@H]2S/C(=C\c3cc(Cl)ccc3OCC)C(=O)N2[C@@H]1c1ccccc1OC(C)C. The fourth-order valence-electron chi connectivity index (χ4n) is 4.42. The summed E-state index contributed by atoms with van der Waals surface area (Å²) in [6.07, 6.45) is 1.70. The number of rotatable bonds is 8. The molecule has 4 rings (SSSR count). The van der Waals surface area contributed by atoms with Gasteiger partial charge in [0.15, 0.2) is 5.50 Å². The first-order chi connectivity index (χ1) is 17.7. The van der Waals surface area contributed by atoms with Gasteiger partial charge in [-0.15, -0.1) is 0 Å². The summed E-state index contributed by atoms with van der Waals surface area (Å²) in [5.74, 6) is 0.559. The van der Waals surface area contributed by atoms with E-state index < -0.39 is 17.5 Å². The molecule has 2 aliphatic rings. The van der Waals surface area contributed by atoms with Crippen molar-refractivity contribution in [1.82, 2.24) is 10.2 Å². The smallest absolute Gasteiger partial charge is 0.338 e. The summed E-state index contributed by atoms with van der Waals surface area (Å²) in [4.78, 5) is 29.3. The summed E-state index contributed by atoms with van der Waals surface area (Å²) < 4.78 is 17.3. The van der Waals surface area contributed by atoms with Gasteiger partial charge in [-0.1, -0.05) is 41.6 Å². The zero-order valence-corrected chi connectivity index (χ0v) is 23.1.